The number of nitrogens with zero attached hydrogens (tertiary/aromatic N) is 2. The molecule has 2 aliphatic rings. The van der Waals surface area contributed by atoms with Gasteiger partial charge in [-0.05, 0) is 51.8 Å². The van der Waals surface area contributed by atoms with Crippen LogP contribution >= 0.6 is 11.3 Å². The van der Waals surface area contributed by atoms with E-state index in [1.807, 2.05) is 0 Å². The lowest BCUT2D eigenvalue weighted by Gasteiger charge is -2.35. The number of carbonyl (C=O) groups is 2. The number of hydrogen-bond acceptors (Lipinski definition) is 9. The molecule has 0 saturated heterocycles. The molecule has 2 amide bonds. The first-order chi connectivity index (χ1) is 18.6. The van der Waals surface area contributed by atoms with Gasteiger partial charge < -0.3 is 19.5 Å². The predicted molar refractivity (Wildman–Crippen MR) is 140 cm³/mol. The molecule has 1 aromatic carbocycles. The zero-order valence-corrected chi connectivity index (χ0v) is 23.8. The van der Waals surface area contributed by atoms with Gasteiger partial charge >= 0.3 is 12.3 Å². The van der Waals surface area contributed by atoms with Gasteiger partial charge in [0.15, 0.2) is 0 Å². The minimum Gasteiger partial charge on any atom is -0.484 e. The second-order valence-electron chi connectivity index (χ2n) is 9.77. The van der Waals surface area contributed by atoms with E-state index in [4.69, 9.17) is 9.47 Å². The molecule has 16 heteroatoms. The monoisotopic (exact) mass is 606 g/mol. The number of rotatable bonds is 9. The van der Waals surface area contributed by atoms with Crippen LogP contribution in [0.2, 0.25) is 0 Å². The molecule has 0 spiro atoms. The van der Waals surface area contributed by atoms with Crippen molar-refractivity contribution in [3.63, 3.8) is 0 Å². The van der Waals surface area contributed by atoms with Crippen LogP contribution in [0.4, 0.5) is 29.3 Å². The van der Waals surface area contributed by atoms with E-state index in [0.29, 0.717) is 18.9 Å². The molecule has 1 atom stereocenters. The third-order valence-corrected chi connectivity index (χ3v) is 9.02. The number of thiazole rings is 1. The summed E-state index contributed by atoms with van der Waals surface area (Å²) in [7, 11) is -4.36. The lowest BCUT2D eigenvalue weighted by atomic mass is 10.1. The molecule has 1 saturated carbocycles. The van der Waals surface area contributed by atoms with Crippen LogP contribution < -0.4 is 24.4 Å². The lowest BCUT2D eigenvalue weighted by molar-refractivity contribution is -0.242. The van der Waals surface area contributed by atoms with E-state index in [0.717, 1.165) is 17.1 Å². The number of alkyl halides is 3. The van der Waals surface area contributed by atoms with Crippen LogP contribution in [0.25, 0.3) is 0 Å². The number of amides is 2. The molecule has 0 unspecified atom stereocenters. The number of anilines is 2. The highest BCUT2D eigenvalue weighted by atomic mass is 32.2. The van der Waals surface area contributed by atoms with E-state index in [1.165, 1.54) is 36.5 Å². The molecule has 0 bridgehead atoms. The Kier molecular flexibility index (Phi) is 8.13. The molecule has 2 N–H and O–H groups in total. The van der Waals surface area contributed by atoms with Crippen molar-refractivity contribution in [2.75, 3.05) is 29.3 Å². The molecule has 1 aliphatic heterocycles. The van der Waals surface area contributed by atoms with Crippen LogP contribution in [0.15, 0.2) is 23.2 Å². The van der Waals surface area contributed by atoms with Gasteiger partial charge in [0.25, 0.3) is 10.0 Å². The highest BCUT2D eigenvalue weighted by Crippen LogP contribution is 2.47. The van der Waals surface area contributed by atoms with Gasteiger partial charge in [0.1, 0.15) is 16.9 Å². The summed E-state index contributed by atoms with van der Waals surface area (Å²) in [5.74, 6) is -0.0633. The van der Waals surface area contributed by atoms with Crippen molar-refractivity contribution in [2.24, 2.45) is 0 Å². The molecular weight excluding hydrogens is 577 g/mol. The molecular formula is C24H29F3N4O7S2. The minimum absolute atomic E-state index is 0.00233. The Morgan fingerprint density at radius 2 is 1.95 bits per heavy atom. The largest absolute Gasteiger partial charge is 0.484 e. The number of halogens is 3. The third-order valence-electron chi connectivity index (χ3n) is 6.07. The van der Waals surface area contributed by atoms with Crippen molar-refractivity contribution >= 4 is 44.7 Å². The Morgan fingerprint density at radius 3 is 2.55 bits per heavy atom. The average molecular weight is 607 g/mol. The normalized spacial score (nSPS) is 17.5. The van der Waals surface area contributed by atoms with Crippen LogP contribution in [-0.4, -0.2) is 63.0 Å². The van der Waals surface area contributed by atoms with Crippen LogP contribution in [0.3, 0.4) is 0 Å². The number of aromatic nitrogens is 1. The predicted octanol–water partition coefficient (Wildman–Crippen LogP) is 4.40. The summed E-state index contributed by atoms with van der Waals surface area (Å²) < 4.78 is 84.6. The number of carbonyl (C=O) groups excluding carboxylic acids is 2. The van der Waals surface area contributed by atoms with Gasteiger partial charge in [0, 0.05) is 18.5 Å². The summed E-state index contributed by atoms with van der Waals surface area (Å²) >= 11 is 1.17. The fraction of sp³-hybridized carbons (Fsp3) is 0.542. The van der Waals surface area contributed by atoms with E-state index in [1.54, 1.807) is 6.92 Å². The first-order valence-corrected chi connectivity index (χ1v) is 14.7. The number of fused-ring (bicyclic) bond motifs is 1. The fourth-order valence-corrected chi connectivity index (χ4v) is 6.71. The summed E-state index contributed by atoms with van der Waals surface area (Å²) in [5, 5.41) is 5.33. The molecule has 0 radical (unpaired) electrons. The molecule has 1 aliphatic carbocycles. The Morgan fingerprint density at radius 1 is 1.25 bits per heavy atom. The zero-order chi connectivity index (χ0) is 29.5. The van der Waals surface area contributed by atoms with Crippen molar-refractivity contribution in [3.05, 3.63) is 23.2 Å². The fourth-order valence-electron chi connectivity index (χ4n) is 3.72. The maximum Gasteiger partial charge on any atom is 0.427 e. The first-order valence-electron chi connectivity index (χ1n) is 12.4. The quantitative estimate of drug-likeness (QED) is 0.429. The maximum atomic E-state index is 14.0. The number of benzene rings is 1. The van der Waals surface area contributed by atoms with E-state index in [-0.39, 0.29) is 58.7 Å². The summed E-state index contributed by atoms with van der Waals surface area (Å²) in [4.78, 5) is 28.2. The topological polar surface area (TPSA) is 136 Å². The Labute approximate surface area is 233 Å². The van der Waals surface area contributed by atoms with Crippen LogP contribution in [-0.2, 0) is 19.6 Å². The van der Waals surface area contributed by atoms with Crippen LogP contribution in [0.1, 0.15) is 51.5 Å². The molecule has 2 heterocycles. The SMILES string of the molecule is CCOc1sc(C2CC2)nc1S(=O)(=O)N1C[C@H](CNC(C)=O)Oc2ccc(NC(=O)OC(C)(C)C(F)(F)F)cc21. The number of hydrogen-bond donors (Lipinski definition) is 2. The number of nitrogens with one attached hydrogen (secondary N) is 2. The molecule has 2 aromatic rings. The lowest BCUT2D eigenvalue weighted by Crippen LogP contribution is -2.48. The Bertz CT molecular complexity index is 1390. The van der Waals surface area contributed by atoms with E-state index >= 15 is 0 Å². The second-order valence-corrected chi connectivity index (χ2v) is 12.5. The van der Waals surface area contributed by atoms with Gasteiger partial charge in [-0.2, -0.15) is 21.6 Å². The van der Waals surface area contributed by atoms with Gasteiger partial charge in [-0.1, -0.05) is 11.3 Å². The smallest absolute Gasteiger partial charge is 0.427 e. The van der Waals surface area contributed by atoms with Gasteiger partial charge in [0.05, 0.1) is 25.4 Å². The van der Waals surface area contributed by atoms with Crippen LogP contribution in [0, 0.1) is 0 Å². The molecule has 11 nitrogen and oxygen atoms in total. The number of sulfonamides is 1. The first kappa shape index (κ1) is 29.7. The molecule has 4 rings (SSSR count). The Hall–Kier alpha value is -3.27. The summed E-state index contributed by atoms with van der Waals surface area (Å²) in [6.07, 6.45) is -5.18. The van der Waals surface area contributed by atoms with Gasteiger partial charge in [-0.15, -0.1) is 0 Å². The highest BCUT2D eigenvalue weighted by Gasteiger charge is 2.51. The van der Waals surface area contributed by atoms with Crippen molar-refractivity contribution in [1.29, 1.82) is 0 Å². The average Bonchev–Trinajstić information content (AvgIpc) is 3.61. The molecule has 1 fully saturated rings. The second kappa shape index (κ2) is 11.0. The van der Waals surface area contributed by atoms with Crippen molar-refractivity contribution in [1.82, 2.24) is 10.3 Å². The van der Waals surface area contributed by atoms with Crippen LogP contribution in [0.5, 0.6) is 10.8 Å². The maximum absolute atomic E-state index is 14.0. The van der Waals surface area contributed by atoms with Crippen molar-refractivity contribution in [3.8, 4) is 10.8 Å². The van der Waals surface area contributed by atoms with E-state index in [9.17, 15) is 31.2 Å². The third kappa shape index (κ3) is 6.37. The molecule has 40 heavy (non-hydrogen) atoms. The standard InChI is InChI=1S/C24H29F3N4O7S2/c1-5-36-21-20(30-19(39-21)14-6-7-14)40(34,35)31-12-16(11-28-13(2)32)37-18-9-8-15(10-17(18)31)29-22(33)38-23(3,4)24(25,26)27/h8-10,14,16H,5-7,11-12H2,1-4H3,(H,28,32)(H,29,33)/t16-/m0/s1. The minimum atomic E-state index is -4.81. The van der Waals surface area contributed by atoms with Gasteiger partial charge in [0.2, 0.25) is 21.6 Å². The van der Waals surface area contributed by atoms with Crippen molar-refractivity contribution in [2.45, 2.75) is 69.4 Å². The van der Waals surface area contributed by atoms with Crippen molar-refractivity contribution < 1.29 is 45.4 Å². The molecule has 1 aromatic heterocycles. The highest BCUT2D eigenvalue weighted by molar-refractivity contribution is 7.93. The van der Waals surface area contributed by atoms with Gasteiger partial charge in [-0.3, -0.25) is 14.4 Å². The zero-order valence-electron chi connectivity index (χ0n) is 22.1. The van der Waals surface area contributed by atoms with E-state index in [2.05, 4.69) is 20.4 Å². The molecule has 220 valence electrons. The summed E-state index contributed by atoms with van der Waals surface area (Å²) in [5.41, 5.74) is -2.79. The van der Waals surface area contributed by atoms with Gasteiger partial charge in [-0.25, -0.2) is 9.78 Å². The number of ether oxygens (including phenoxy) is 3. The summed E-state index contributed by atoms with van der Waals surface area (Å²) in [6.45, 7) is 4.43. The summed E-state index contributed by atoms with van der Waals surface area (Å²) in [6, 6.07) is 3.94. The van der Waals surface area contributed by atoms with E-state index < -0.39 is 34.0 Å². The Balaban J connectivity index is 1.69.